The molecule has 17 nitrogen and oxygen atoms in total. The van der Waals surface area contributed by atoms with Gasteiger partial charge in [-0.15, -0.1) is 28.2 Å². The number of carboxylic acids is 2. The Labute approximate surface area is 224 Å². The van der Waals surface area contributed by atoms with Gasteiger partial charge in [0.25, 0.3) is 11.8 Å². The van der Waals surface area contributed by atoms with Crippen LogP contribution in [0, 0.1) is 0 Å². The molecule has 2 aliphatic rings. The van der Waals surface area contributed by atoms with Gasteiger partial charge in [-0.3, -0.25) is 19.3 Å². The number of rotatable bonds is 12. The zero-order valence-corrected chi connectivity index (χ0v) is 21.6. The monoisotopic (exact) mass is 583 g/mol. The summed E-state index contributed by atoms with van der Waals surface area (Å²) >= 11 is 3.45. The highest BCUT2D eigenvalue weighted by Crippen LogP contribution is 2.41. The van der Waals surface area contributed by atoms with Crippen molar-refractivity contribution in [3.63, 3.8) is 0 Å². The Morgan fingerprint density at radius 3 is 2.82 bits per heavy atom. The van der Waals surface area contributed by atoms with E-state index < -0.39 is 47.5 Å². The largest absolute Gasteiger partial charge is 0.479 e. The van der Waals surface area contributed by atoms with E-state index >= 15 is 0 Å². The van der Waals surface area contributed by atoms with E-state index in [2.05, 4.69) is 36.3 Å². The molecule has 3 amide bonds. The molecule has 2 aromatic heterocycles. The van der Waals surface area contributed by atoms with E-state index in [0.29, 0.717) is 17.1 Å². The molecule has 2 aliphatic heterocycles. The maximum Gasteiger partial charge on any atom is 0.352 e. The molecule has 200 valence electrons. The Kier molecular flexibility index (Phi) is 8.22. The number of carbonyl (C=O) groups excluding carboxylic acids is 3. The third-order valence-electron chi connectivity index (χ3n) is 4.98. The summed E-state index contributed by atoms with van der Waals surface area (Å²) < 4.78 is 1.43. The number of anilines is 1. The summed E-state index contributed by atoms with van der Waals surface area (Å²) in [7, 11) is 1.64. The quantitative estimate of drug-likeness (QED) is 0.0738. The second-order valence-corrected chi connectivity index (χ2v) is 10.3. The number of carbonyl (C=O) groups is 5. The average Bonchev–Trinajstić information content (AvgIpc) is 3.51. The Bertz CT molecular complexity index is 1360. The zero-order valence-electron chi connectivity index (χ0n) is 19.1. The van der Waals surface area contributed by atoms with E-state index in [0.717, 1.165) is 16.2 Å². The smallest absolute Gasteiger partial charge is 0.352 e. The molecular weight excluding hydrogens is 566 g/mol. The van der Waals surface area contributed by atoms with Gasteiger partial charge in [0.2, 0.25) is 18.2 Å². The Morgan fingerprint density at radius 1 is 1.37 bits per heavy atom. The number of hydrogen-bond acceptors (Lipinski definition) is 14. The number of aliphatic carboxylic acids is 2. The molecule has 0 radical (unpaired) electrons. The van der Waals surface area contributed by atoms with E-state index in [1.807, 2.05) is 0 Å². The molecule has 1 unspecified atom stereocenters. The van der Waals surface area contributed by atoms with Gasteiger partial charge in [0, 0.05) is 23.9 Å². The van der Waals surface area contributed by atoms with E-state index in [1.165, 1.54) is 33.6 Å². The van der Waals surface area contributed by atoms with Crippen LogP contribution in [0.3, 0.4) is 0 Å². The summed E-state index contributed by atoms with van der Waals surface area (Å²) in [4.78, 5) is 69.3. The first-order valence-electron chi connectivity index (χ1n) is 10.3. The first kappa shape index (κ1) is 27.0. The summed E-state index contributed by atoms with van der Waals surface area (Å²) in [5, 5.41) is 39.4. The Balaban J connectivity index is 1.50. The van der Waals surface area contributed by atoms with Crippen LogP contribution >= 0.6 is 34.9 Å². The molecule has 0 aromatic carbocycles. The Morgan fingerprint density at radius 2 is 2.16 bits per heavy atom. The van der Waals surface area contributed by atoms with Gasteiger partial charge in [0.05, 0.1) is 0 Å². The fourth-order valence-electron chi connectivity index (χ4n) is 3.35. The van der Waals surface area contributed by atoms with Crippen molar-refractivity contribution in [2.75, 3.05) is 23.4 Å². The molecule has 0 spiro atoms. The normalized spacial score (nSPS) is 18.9. The number of carboxylic acid groups (broad SMARTS) is 2. The molecule has 2 aromatic rings. The molecule has 0 bridgehead atoms. The minimum Gasteiger partial charge on any atom is -0.479 e. The minimum atomic E-state index is -1.34. The number of aryl methyl sites for hydroxylation is 1. The molecule has 4 rings (SSSR count). The van der Waals surface area contributed by atoms with E-state index in [1.54, 1.807) is 7.05 Å². The lowest BCUT2D eigenvalue weighted by Gasteiger charge is -2.49. The number of nitrogens with one attached hydrogen (secondary N) is 2. The molecule has 4 N–H and O–H groups in total. The maximum atomic E-state index is 13.0. The summed E-state index contributed by atoms with van der Waals surface area (Å²) in [6.07, 6.45) is 0.382. The first-order chi connectivity index (χ1) is 18.2. The predicted octanol–water partition coefficient (Wildman–Crippen LogP) is -1.43. The number of thioether (sulfide) groups is 2. The standard InChI is InChI=1S/C18H17N9O8S3/c1-26-18(22-24-25-26)38-4-7-3-36-15-11(14(32)27(15)12(7)16(33)34)21-13(31)10(23-35-2-9(29)30)8-5-37-17(20-8)19-6-28/h5-6,11,15H,2-4H2,1H3,(H,21,31)(H,29,30)(H,33,34)(H,19,20,28)/t11?,15-/m0/s1. The molecule has 4 heterocycles. The molecule has 0 aliphatic carbocycles. The van der Waals surface area contributed by atoms with Crippen LogP contribution in [-0.4, -0.2) is 106 Å². The SMILES string of the molecule is Cn1nnnc1SCC1=C(C(=O)O)N2C(=O)C(NC(=O)C(=NOCC(=O)O)c3csc(NC=O)n3)[C@@H]2SC1. The number of fused-ring (bicyclic) bond motifs is 1. The fraction of sp³-hybridized carbons (Fsp3) is 0.333. The third-order valence-corrected chi connectivity index (χ3v) is 8.19. The predicted molar refractivity (Wildman–Crippen MR) is 131 cm³/mol. The molecule has 1 fully saturated rings. The summed E-state index contributed by atoms with van der Waals surface area (Å²) in [6.45, 7) is -0.840. The lowest BCUT2D eigenvalue weighted by atomic mass is 10.0. The van der Waals surface area contributed by atoms with Gasteiger partial charge in [-0.05, 0) is 16.0 Å². The highest BCUT2D eigenvalue weighted by Gasteiger charge is 2.54. The number of β-lactam (4-membered cyclic amide) rings is 1. The summed E-state index contributed by atoms with van der Waals surface area (Å²) in [6, 6.07) is -1.09. The maximum absolute atomic E-state index is 13.0. The summed E-state index contributed by atoms with van der Waals surface area (Å²) in [5.41, 5.74) is -0.149. The lowest BCUT2D eigenvalue weighted by Crippen LogP contribution is -2.71. The van der Waals surface area contributed by atoms with Gasteiger partial charge >= 0.3 is 11.9 Å². The topological polar surface area (TPSA) is 231 Å². The molecule has 2 atom stereocenters. The number of hydrogen-bond donors (Lipinski definition) is 4. The van der Waals surface area contributed by atoms with Crippen LogP contribution in [0.15, 0.2) is 27.0 Å². The van der Waals surface area contributed by atoms with Crippen molar-refractivity contribution in [3.05, 3.63) is 22.3 Å². The average molecular weight is 584 g/mol. The van der Waals surface area contributed by atoms with Crippen LogP contribution in [0.4, 0.5) is 5.13 Å². The molecule has 1 saturated heterocycles. The zero-order chi connectivity index (χ0) is 27.4. The molecule has 0 saturated carbocycles. The van der Waals surface area contributed by atoms with Gasteiger partial charge in [0.1, 0.15) is 22.8 Å². The van der Waals surface area contributed by atoms with Crippen LogP contribution in [0.5, 0.6) is 0 Å². The fourth-order valence-corrected chi connectivity index (χ4v) is 6.34. The van der Waals surface area contributed by atoms with Crippen LogP contribution < -0.4 is 10.6 Å². The third kappa shape index (κ3) is 5.60. The van der Waals surface area contributed by atoms with Crippen molar-refractivity contribution >= 4 is 75.9 Å². The summed E-state index contributed by atoms with van der Waals surface area (Å²) in [5.74, 6) is -3.68. The highest BCUT2D eigenvalue weighted by atomic mass is 32.2. The number of oxime groups is 1. The lowest BCUT2D eigenvalue weighted by molar-refractivity contribution is -0.150. The highest BCUT2D eigenvalue weighted by molar-refractivity contribution is 8.01. The molecule has 38 heavy (non-hydrogen) atoms. The number of thiazole rings is 1. The van der Waals surface area contributed by atoms with Crippen molar-refractivity contribution < 1.29 is 39.0 Å². The first-order valence-corrected chi connectivity index (χ1v) is 13.3. The van der Waals surface area contributed by atoms with E-state index in [9.17, 15) is 29.1 Å². The van der Waals surface area contributed by atoms with Gasteiger partial charge in [-0.2, -0.15) is 0 Å². The van der Waals surface area contributed by atoms with Crippen LogP contribution in [-0.2, 0) is 35.9 Å². The van der Waals surface area contributed by atoms with Crippen molar-refractivity contribution in [3.8, 4) is 0 Å². The van der Waals surface area contributed by atoms with Gasteiger partial charge in [-0.25, -0.2) is 19.3 Å². The number of amides is 3. The number of nitrogens with zero attached hydrogens (tertiary/aromatic N) is 7. The van der Waals surface area contributed by atoms with Crippen molar-refractivity contribution in [1.29, 1.82) is 0 Å². The molecule has 20 heteroatoms. The van der Waals surface area contributed by atoms with Crippen LogP contribution in [0.2, 0.25) is 0 Å². The van der Waals surface area contributed by atoms with Gasteiger partial charge in [0.15, 0.2) is 10.8 Å². The van der Waals surface area contributed by atoms with E-state index in [4.69, 9.17) is 9.94 Å². The van der Waals surface area contributed by atoms with Crippen LogP contribution in [0.1, 0.15) is 5.69 Å². The Hall–Kier alpha value is -4.04. The minimum absolute atomic E-state index is 0.0362. The van der Waals surface area contributed by atoms with Crippen molar-refractivity contribution in [1.82, 2.24) is 35.4 Å². The van der Waals surface area contributed by atoms with Gasteiger partial charge in [-0.1, -0.05) is 16.9 Å². The second kappa shape index (κ2) is 11.6. The van der Waals surface area contributed by atoms with Crippen LogP contribution in [0.25, 0.3) is 0 Å². The second-order valence-electron chi connectivity index (χ2n) is 7.40. The molecular formula is C18H17N9O8S3. The van der Waals surface area contributed by atoms with Crippen molar-refractivity contribution in [2.45, 2.75) is 16.6 Å². The van der Waals surface area contributed by atoms with Gasteiger partial charge < -0.3 is 25.7 Å². The number of tetrazole rings is 1. The van der Waals surface area contributed by atoms with E-state index in [-0.39, 0.29) is 28.0 Å². The number of aromatic nitrogens is 5. The van der Waals surface area contributed by atoms with Crippen molar-refractivity contribution in [2.24, 2.45) is 12.2 Å².